The van der Waals surface area contributed by atoms with E-state index in [0.29, 0.717) is 17.6 Å². The average molecular weight is 287 g/mol. The molecule has 2 rings (SSSR count). The molecule has 0 fully saturated rings. The molecule has 8 heteroatoms. The molecule has 98 valence electrons. The van der Waals surface area contributed by atoms with Crippen molar-refractivity contribution >= 4 is 32.8 Å². The van der Waals surface area contributed by atoms with Crippen LogP contribution in [-0.2, 0) is 14.8 Å². The second kappa shape index (κ2) is 5.27. The molecule has 2 aromatic rings. The van der Waals surface area contributed by atoms with Crippen LogP contribution in [0.4, 0.5) is 0 Å². The number of aromatic nitrogens is 2. The summed E-state index contributed by atoms with van der Waals surface area (Å²) < 4.78 is 39.9. The lowest BCUT2D eigenvalue weighted by molar-refractivity contribution is 0.180. The van der Waals surface area contributed by atoms with Crippen molar-refractivity contribution in [2.45, 2.75) is 17.9 Å². The van der Waals surface area contributed by atoms with Crippen molar-refractivity contribution in [1.29, 1.82) is 0 Å². The predicted octanol–water partition coefficient (Wildman–Crippen LogP) is 1.00. The quantitative estimate of drug-likeness (QED) is 0.887. The number of ether oxygens (including phenoxy) is 1. The summed E-state index contributed by atoms with van der Waals surface area (Å²) in [4.78, 5) is 0.150. The Kier molecular flexibility index (Phi) is 3.91. The molecule has 1 aromatic heterocycles. The molecule has 1 atom stereocenters. The summed E-state index contributed by atoms with van der Waals surface area (Å²) in [6.45, 7) is 2.05. The maximum Gasteiger partial charge on any atom is 0.243 e. The summed E-state index contributed by atoms with van der Waals surface area (Å²) in [6, 6.07) is 4.60. The average Bonchev–Trinajstić information content (AvgIpc) is 2.75. The first-order valence-electron chi connectivity index (χ1n) is 5.27. The molecule has 0 amide bonds. The van der Waals surface area contributed by atoms with E-state index in [1.54, 1.807) is 19.1 Å². The van der Waals surface area contributed by atoms with Crippen molar-refractivity contribution in [1.82, 2.24) is 13.5 Å². The van der Waals surface area contributed by atoms with Crippen molar-refractivity contribution in [3.63, 3.8) is 0 Å². The van der Waals surface area contributed by atoms with Crippen molar-refractivity contribution in [3.8, 4) is 0 Å². The van der Waals surface area contributed by atoms with Crippen LogP contribution in [0.3, 0.4) is 0 Å². The van der Waals surface area contributed by atoms with Crippen LogP contribution in [0, 0.1) is 0 Å². The third kappa shape index (κ3) is 2.66. The summed E-state index contributed by atoms with van der Waals surface area (Å²) in [6.07, 6.45) is 0. The van der Waals surface area contributed by atoms with Gasteiger partial charge in [-0.3, -0.25) is 0 Å². The third-order valence-corrected chi connectivity index (χ3v) is 4.48. The molecule has 1 heterocycles. The summed E-state index contributed by atoms with van der Waals surface area (Å²) in [5, 5.41) is 0. The number of nitrogens with one attached hydrogen (secondary N) is 1. The van der Waals surface area contributed by atoms with Crippen LogP contribution in [0.1, 0.15) is 6.92 Å². The van der Waals surface area contributed by atoms with Gasteiger partial charge in [-0.05, 0) is 19.1 Å². The Bertz CT molecular complexity index is 639. The van der Waals surface area contributed by atoms with E-state index in [9.17, 15) is 8.42 Å². The monoisotopic (exact) mass is 287 g/mol. The highest BCUT2D eigenvalue weighted by Crippen LogP contribution is 2.20. The van der Waals surface area contributed by atoms with E-state index in [2.05, 4.69) is 13.5 Å². The molecule has 1 unspecified atom stereocenters. The van der Waals surface area contributed by atoms with E-state index in [1.165, 1.54) is 13.2 Å². The number of rotatable bonds is 5. The molecular weight excluding hydrogens is 274 g/mol. The van der Waals surface area contributed by atoms with E-state index >= 15 is 0 Å². The van der Waals surface area contributed by atoms with E-state index in [0.717, 1.165) is 11.7 Å². The molecule has 1 N–H and O–H groups in total. The smallest absolute Gasteiger partial charge is 0.243 e. The van der Waals surface area contributed by atoms with Gasteiger partial charge in [0.1, 0.15) is 15.9 Å². The summed E-state index contributed by atoms with van der Waals surface area (Å²) in [5.41, 5.74) is 0.988. The van der Waals surface area contributed by atoms with Crippen LogP contribution in [0.25, 0.3) is 11.0 Å². The minimum Gasteiger partial charge on any atom is -0.383 e. The topological polar surface area (TPSA) is 81.2 Å². The Hall–Kier alpha value is -1.09. The number of hydrogen-bond donors (Lipinski definition) is 1. The molecular formula is C10H13N3O3S2. The number of benzene rings is 1. The fourth-order valence-corrected chi connectivity index (χ4v) is 3.61. The first kappa shape index (κ1) is 13.3. The third-order valence-electron chi connectivity index (χ3n) is 2.31. The Labute approximate surface area is 109 Å². The van der Waals surface area contributed by atoms with Crippen molar-refractivity contribution in [3.05, 3.63) is 18.2 Å². The van der Waals surface area contributed by atoms with Crippen molar-refractivity contribution in [2.75, 3.05) is 13.7 Å². The van der Waals surface area contributed by atoms with Crippen LogP contribution in [0.15, 0.2) is 23.1 Å². The fourth-order valence-electron chi connectivity index (χ4n) is 1.61. The fraction of sp³-hybridized carbons (Fsp3) is 0.400. The van der Waals surface area contributed by atoms with Gasteiger partial charge < -0.3 is 4.74 Å². The van der Waals surface area contributed by atoms with Gasteiger partial charge in [0.25, 0.3) is 0 Å². The highest BCUT2D eigenvalue weighted by atomic mass is 32.2. The molecule has 0 spiro atoms. The molecule has 0 saturated carbocycles. The number of fused-ring (bicyclic) bond motifs is 1. The van der Waals surface area contributed by atoms with Gasteiger partial charge in [0.05, 0.1) is 18.3 Å². The van der Waals surface area contributed by atoms with Crippen molar-refractivity contribution < 1.29 is 13.2 Å². The highest BCUT2D eigenvalue weighted by Gasteiger charge is 2.21. The molecule has 0 bridgehead atoms. The molecule has 6 nitrogen and oxygen atoms in total. The Morgan fingerprint density at radius 1 is 1.44 bits per heavy atom. The minimum atomic E-state index is -3.60. The molecule has 0 aliphatic rings. The SMILES string of the molecule is COCC(C)NS(=O)(=O)c1cccc2nsnc12. The molecule has 0 aliphatic heterocycles. The number of methoxy groups -OCH3 is 1. The van der Waals surface area contributed by atoms with Gasteiger partial charge >= 0.3 is 0 Å². The van der Waals surface area contributed by atoms with Crippen LogP contribution in [-0.4, -0.2) is 36.9 Å². The lowest BCUT2D eigenvalue weighted by Crippen LogP contribution is -2.35. The Morgan fingerprint density at radius 2 is 2.22 bits per heavy atom. The van der Waals surface area contributed by atoms with Gasteiger partial charge in [-0.2, -0.15) is 8.75 Å². The van der Waals surface area contributed by atoms with E-state index < -0.39 is 10.0 Å². The Morgan fingerprint density at radius 3 is 2.94 bits per heavy atom. The van der Waals surface area contributed by atoms with Gasteiger partial charge in [0.2, 0.25) is 10.0 Å². The first-order chi connectivity index (χ1) is 8.54. The zero-order chi connectivity index (χ0) is 13.2. The van der Waals surface area contributed by atoms with E-state index in [1.807, 2.05) is 0 Å². The normalized spacial score (nSPS) is 13.9. The maximum absolute atomic E-state index is 12.2. The second-order valence-corrected chi connectivity index (χ2v) is 6.08. The molecule has 1 aromatic carbocycles. The number of nitrogens with zero attached hydrogens (tertiary/aromatic N) is 2. The van der Waals surface area contributed by atoms with E-state index in [-0.39, 0.29) is 10.9 Å². The zero-order valence-electron chi connectivity index (χ0n) is 9.95. The molecule has 0 radical (unpaired) electrons. The summed E-state index contributed by atoms with van der Waals surface area (Å²) >= 11 is 0.995. The predicted molar refractivity (Wildman–Crippen MR) is 69.1 cm³/mol. The zero-order valence-corrected chi connectivity index (χ0v) is 11.6. The van der Waals surface area contributed by atoms with Gasteiger partial charge in [-0.1, -0.05) is 6.07 Å². The van der Waals surface area contributed by atoms with Crippen LogP contribution in [0.5, 0.6) is 0 Å². The van der Waals surface area contributed by atoms with Crippen LogP contribution >= 0.6 is 11.7 Å². The first-order valence-corrected chi connectivity index (χ1v) is 7.48. The summed E-state index contributed by atoms with van der Waals surface area (Å²) in [7, 11) is -2.08. The number of hydrogen-bond acceptors (Lipinski definition) is 6. The van der Waals surface area contributed by atoms with Gasteiger partial charge in [-0.25, -0.2) is 13.1 Å². The second-order valence-electron chi connectivity index (χ2n) is 3.87. The molecule has 18 heavy (non-hydrogen) atoms. The van der Waals surface area contributed by atoms with Crippen LogP contribution < -0.4 is 4.72 Å². The lowest BCUT2D eigenvalue weighted by Gasteiger charge is -2.13. The van der Waals surface area contributed by atoms with Crippen molar-refractivity contribution in [2.24, 2.45) is 0 Å². The number of sulfonamides is 1. The van der Waals surface area contributed by atoms with Gasteiger partial charge in [0.15, 0.2) is 0 Å². The molecule has 0 aliphatic carbocycles. The Balaban J connectivity index is 2.38. The van der Waals surface area contributed by atoms with Gasteiger partial charge in [-0.15, -0.1) is 0 Å². The lowest BCUT2D eigenvalue weighted by atomic mass is 10.3. The largest absolute Gasteiger partial charge is 0.383 e. The van der Waals surface area contributed by atoms with Crippen LogP contribution in [0.2, 0.25) is 0 Å². The maximum atomic E-state index is 12.2. The highest BCUT2D eigenvalue weighted by molar-refractivity contribution is 7.89. The standard InChI is InChI=1S/C10H13N3O3S2/c1-7(6-16-2)13-18(14,15)9-5-3-4-8-10(9)12-17-11-8/h3-5,7,13H,6H2,1-2H3. The minimum absolute atomic E-state index is 0.150. The van der Waals surface area contributed by atoms with Gasteiger partial charge in [0, 0.05) is 13.2 Å². The molecule has 0 saturated heterocycles. The van der Waals surface area contributed by atoms with E-state index in [4.69, 9.17) is 4.74 Å². The summed E-state index contributed by atoms with van der Waals surface area (Å²) in [5.74, 6) is 0.